The van der Waals surface area contributed by atoms with Gasteiger partial charge in [0.25, 0.3) is 0 Å². The lowest BCUT2D eigenvalue weighted by Gasteiger charge is -2.25. The number of nitrogens with zero attached hydrogens (tertiary/aromatic N) is 1. The molecule has 1 fully saturated rings. The highest BCUT2D eigenvalue weighted by molar-refractivity contribution is 5.15. The zero-order valence-electron chi connectivity index (χ0n) is 11.1. The third-order valence-electron chi connectivity index (χ3n) is 3.89. The number of likely N-dealkylation sites (N-methyl/N-ethyl adjacent to an activating group) is 1. The van der Waals surface area contributed by atoms with Gasteiger partial charge in [0.2, 0.25) is 0 Å². The molecule has 0 aliphatic heterocycles. The lowest BCUT2D eigenvalue weighted by Crippen LogP contribution is -2.39. The average molecular weight is 250 g/mol. The quantitative estimate of drug-likeness (QED) is 0.870. The van der Waals surface area contributed by atoms with Crippen LogP contribution in [0, 0.1) is 11.7 Å². The highest BCUT2D eigenvalue weighted by atomic mass is 19.1. The molecule has 2 N–H and O–H groups in total. The van der Waals surface area contributed by atoms with Gasteiger partial charge in [-0.15, -0.1) is 0 Å². The van der Waals surface area contributed by atoms with Crippen LogP contribution in [-0.2, 0) is 6.54 Å². The molecule has 1 atom stereocenters. The topological polar surface area (TPSA) is 29.3 Å². The molecule has 100 valence electrons. The minimum Gasteiger partial charge on any atom is -0.326 e. The van der Waals surface area contributed by atoms with Crippen LogP contribution in [0.25, 0.3) is 0 Å². The second-order valence-corrected chi connectivity index (χ2v) is 5.53. The Hall–Kier alpha value is -0.930. The minimum absolute atomic E-state index is 0.177. The lowest BCUT2D eigenvalue weighted by molar-refractivity contribution is 0.264. The summed E-state index contributed by atoms with van der Waals surface area (Å²) < 4.78 is 12.8. The van der Waals surface area contributed by atoms with Crippen LogP contribution >= 0.6 is 0 Å². The third-order valence-corrected chi connectivity index (χ3v) is 3.89. The SMILES string of the molecule is CN(Cc1ccc(F)cc1)CC(N)C1CCCC1. The first kappa shape index (κ1) is 13.5. The van der Waals surface area contributed by atoms with Crippen LogP contribution < -0.4 is 5.73 Å². The smallest absolute Gasteiger partial charge is 0.123 e. The molecule has 0 spiro atoms. The molecule has 1 aromatic rings. The molecular weight excluding hydrogens is 227 g/mol. The predicted octanol–water partition coefficient (Wildman–Crippen LogP) is 2.78. The Labute approximate surface area is 109 Å². The summed E-state index contributed by atoms with van der Waals surface area (Å²) in [6, 6.07) is 6.98. The van der Waals surface area contributed by atoms with E-state index in [4.69, 9.17) is 5.73 Å². The Balaban J connectivity index is 1.80. The van der Waals surface area contributed by atoms with Crippen molar-refractivity contribution >= 4 is 0 Å². The van der Waals surface area contributed by atoms with E-state index >= 15 is 0 Å². The number of nitrogens with two attached hydrogens (primary N) is 1. The average Bonchev–Trinajstić information content (AvgIpc) is 2.85. The normalized spacial score (nSPS) is 18.4. The molecule has 1 aliphatic rings. The van der Waals surface area contributed by atoms with Crippen LogP contribution in [0.4, 0.5) is 4.39 Å². The van der Waals surface area contributed by atoms with Gasteiger partial charge in [0.15, 0.2) is 0 Å². The van der Waals surface area contributed by atoms with Crippen LogP contribution in [0.3, 0.4) is 0 Å². The zero-order valence-corrected chi connectivity index (χ0v) is 11.1. The van der Waals surface area contributed by atoms with Gasteiger partial charge in [0.05, 0.1) is 0 Å². The number of rotatable bonds is 5. The molecule has 1 unspecified atom stereocenters. The molecule has 0 heterocycles. The van der Waals surface area contributed by atoms with Gasteiger partial charge in [-0.05, 0) is 43.5 Å². The second-order valence-electron chi connectivity index (χ2n) is 5.53. The summed E-state index contributed by atoms with van der Waals surface area (Å²) in [6.07, 6.45) is 5.23. The maximum Gasteiger partial charge on any atom is 0.123 e. The van der Waals surface area contributed by atoms with Crippen molar-refractivity contribution < 1.29 is 4.39 Å². The predicted molar refractivity (Wildman–Crippen MR) is 72.7 cm³/mol. The van der Waals surface area contributed by atoms with E-state index < -0.39 is 0 Å². The monoisotopic (exact) mass is 250 g/mol. The third kappa shape index (κ3) is 3.79. The van der Waals surface area contributed by atoms with Gasteiger partial charge in [-0.25, -0.2) is 4.39 Å². The Morgan fingerprint density at radius 2 is 1.89 bits per heavy atom. The van der Waals surface area contributed by atoms with Gasteiger partial charge in [-0.3, -0.25) is 0 Å². The largest absolute Gasteiger partial charge is 0.326 e. The second kappa shape index (κ2) is 6.30. The fourth-order valence-electron chi connectivity index (χ4n) is 2.86. The standard InChI is InChI=1S/C15H23FN2/c1-18(10-12-6-8-14(16)9-7-12)11-15(17)13-4-2-3-5-13/h6-9,13,15H,2-5,10-11,17H2,1H3. The highest BCUT2D eigenvalue weighted by Crippen LogP contribution is 2.27. The molecule has 0 saturated heterocycles. The molecule has 0 bridgehead atoms. The first-order valence-corrected chi connectivity index (χ1v) is 6.83. The summed E-state index contributed by atoms with van der Waals surface area (Å²) in [5.74, 6) is 0.518. The van der Waals surface area contributed by atoms with Crippen molar-refractivity contribution in [3.05, 3.63) is 35.6 Å². The lowest BCUT2D eigenvalue weighted by atomic mass is 9.98. The molecule has 3 heteroatoms. The van der Waals surface area contributed by atoms with Crippen molar-refractivity contribution in [2.75, 3.05) is 13.6 Å². The fraction of sp³-hybridized carbons (Fsp3) is 0.600. The molecule has 2 rings (SSSR count). The van der Waals surface area contributed by atoms with Crippen LogP contribution in [0.2, 0.25) is 0 Å². The molecule has 0 amide bonds. The first-order chi connectivity index (χ1) is 8.65. The Bertz CT molecular complexity index is 357. The van der Waals surface area contributed by atoms with Gasteiger partial charge in [0, 0.05) is 19.1 Å². The van der Waals surface area contributed by atoms with E-state index in [1.165, 1.54) is 37.8 Å². The number of benzene rings is 1. The maximum atomic E-state index is 12.8. The van der Waals surface area contributed by atoms with E-state index in [0.717, 1.165) is 18.7 Å². The maximum absolute atomic E-state index is 12.8. The van der Waals surface area contributed by atoms with Gasteiger partial charge < -0.3 is 10.6 Å². The van der Waals surface area contributed by atoms with Gasteiger partial charge in [-0.1, -0.05) is 25.0 Å². The van der Waals surface area contributed by atoms with Crippen molar-refractivity contribution in [3.63, 3.8) is 0 Å². The first-order valence-electron chi connectivity index (χ1n) is 6.83. The number of halogens is 1. The van der Waals surface area contributed by atoms with Crippen molar-refractivity contribution in [1.29, 1.82) is 0 Å². The van der Waals surface area contributed by atoms with Gasteiger partial charge >= 0.3 is 0 Å². The van der Waals surface area contributed by atoms with E-state index in [1.54, 1.807) is 0 Å². The molecule has 1 aliphatic carbocycles. The van der Waals surface area contributed by atoms with Crippen molar-refractivity contribution in [2.45, 2.75) is 38.3 Å². The van der Waals surface area contributed by atoms with Crippen LogP contribution in [0.1, 0.15) is 31.2 Å². The van der Waals surface area contributed by atoms with Crippen LogP contribution in [0.15, 0.2) is 24.3 Å². The van der Waals surface area contributed by atoms with Gasteiger partial charge in [0.1, 0.15) is 5.82 Å². The zero-order chi connectivity index (χ0) is 13.0. The summed E-state index contributed by atoms with van der Waals surface area (Å²) in [7, 11) is 2.08. The van der Waals surface area contributed by atoms with E-state index in [2.05, 4.69) is 11.9 Å². The summed E-state index contributed by atoms with van der Waals surface area (Å²) in [5.41, 5.74) is 7.39. The summed E-state index contributed by atoms with van der Waals surface area (Å²) >= 11 is 0. The minimum atomic E-state index is -0.177. The molecule has 0 aromatic heterocycles. The summed E-state index contributed by atoms with van der Waals surface area (Å²) in [6.45, 7) is 1.75. The van der Waals surface area contributed by atoms with Crippen molar-refractivity contribution in [3.8, 4) is 0 Å². The molecule has 0 radical (unpaired) electrons. The summed E-state index contributed by atoms with van der Waals surface area (Å²) in [5, 5.41) is 0. The Morgan fingerprint density at radius 3 is 2.50 bits per heavy atom. The van der Waals surface area contributed by atoms with Crippen LogP contribution in [-0.4, -0.2) is 24.5 Å². The summed E-state index contributed by atoms with van der Waals surface area (Å²) in [4.78, 5) is 2.23. The van der Waals surface area contributed by atoms with E-state index in [1.807, 2.05) is 12.1 Å². The number of hydrogen-bond acceptors (Lipinski definition) is 2. The molecule has 1 aromatic carbocycles. The number of hydrogen-bond donors (Lipinski definition) is 1. The Morgan fingerprint density at radius 1 is 1.28 bits per heavy atom. The molecular formula is C15H23FN2. The van der Waals surface area contributed by atoms with Crippen molar-refractivity contribution in [1.82, 2.24) is 4.90 Å². The van der Waals surface area contributed by atoms with Crippen molar-refractivity contribution in [2.24, 2.45) is 11.7 Å². The molecule has 18 heavy (non-hydrogen) atoms. The molecule has 2 nitrogen and oxygen atoms in total. The Kier molecular flexibility index (Phi) is 4.72. The molecule has 1 saturated carbocycles. The van der Waals surface area contributed by atoms with Gasteiger partial charge in [-0.2, -0.15) is 0 Å². The van der Waals surface area contributed by atoms with E-state index in [0.29, 0.717) is 5.92 Å². The van der Waals surface area contributed by atoms with E-state index in [-0.39, 0.29) is 11.9 Å². The van der Waals surface area contributed by atoms with E-state index in [9.17, 15) is 4.39 Å². The fourth-order valence-corrected chi connectivity index (χ4v) is 2.86. The van der Waals surface area contributed by atoms with Crippen LogP contribution in [0.5, 0.6) is 0 Å². The highest BCUT2D eigenvalue weighted by Gasteiger charge is 2.22.